The van der Waals surface area contributed by atoms with Crippen LogP contribution < -0.4 is 5.73 Å². The van der Waals surface area contributed by atoms with Crippen molar-refractivity contribution in [3.05, 3.63) is 0 Å². The second-order valence-corrected chi connectivity index (χ2v) is 2.26. The van der Waals surface area contributed by atoms with Gasteiger partial charge in [-0.3, -0.25) is 4.79 Å². The number of carbonyl (C=O) groups is 1. The molecule has 0 saturated heterocycles. The van der Waals surface area contributed by atoms with Gasteiger partial charge in [0.05, 0.1) is 0 Å². The number of nitrogens with two attached hydrogens (primary N) is 1. The van der Waals surface area contributed by atoms with Crippen LogP contribution in [0.4, 0.5) is 13.2 Å². The smallest absolute Gasteiger partial charge is 0.287 e. The zero-order valence-corrected chi connectivity index (χ0v) is 7.34. The quantitative estimate of drug-likeness (QED) is 0.743. The molecule has 0 rings (SSSR count). The molecule has 2 nitrogen and oxygen atoms in total. The topological polar surface area (TPSA) is 43.1 Å². The molecule has 1 unspecified atom stereocenters. The molecule has 0 saturated carbocycles. The molecule has 0 bridgehead atoms. The SMILES string of the molecule is CCC(C(N)=O)C(F)(F)CF.Cl. The van der Waals surface area contributed by atoms with Gasteiger partial charge in [0, 0.05) is 0 Å². The first-order valence-electron chi connectivity index (χ1n) is 3.18. The molecule has 1 atom stereocenters. The lowest BCUT2D eigenvalue weighted by Crippen LogP contribution is -2.39. The Morgan fingerprint density at radius 2 is 2.00 bits per heavy atom. The molecule has 12 heavy (non-hydrogen) atoms. The zero-order chi connectivity index (χ0) is 9.07. The number of primary amides is 1. The highest BCUT2D eigenvalue weighted by Gasteiger charge is 2.42. The van der Waals surface area contributed by atoms with Crippen molar-refractivity contribution in [2.75, 3.05) is 6.67 Å². The number of amides is 1. The number of rotatable bonds is 4. The molecule has 0 aromatic heterocycles. The Morgan fingerprint density at radius 1 is 1.58 bits per heavy atom. The van der Waals surface area contributed by atoms with Gasteiger partial charge >= 0.3 is 0 Å². The van der Waals surface area contributed by atoms with E-state index >= 15 is 0 Å². The summed E-state index contributed by atoms with van der Waals surface area (Å²) in [7, 11) is 0. The summed E-state index contributed by atoms with van der Waals surface area (Å²) in [6.45, 7) is -0.479. The summed E-state index contributed by atoms with van der Waals surface area (Å²) in [6.07, 6.45) is -0.147. The fraction of sp³-hybridized carbons (Fsp3) is 0.833. The van der Waals surface area contributed by atoms with Gasteiger partial charge < -0.3 is 5.73 Å². The molecule has 0 aliphatic rings. The molecule has 0 heterocycles. The average molecular weight is 206 g/mol. The van der Waals surface area contributed by atoms with Crippen LogP contribution in [0.15, 0.2) is 0 Å². The van der Waals surface area contributed by atoms with E-state index in [1.807, 2.05) is 0 Å². The first-order valence-corrected chi connectivity index (χ1v) is 3.18. The van der Waals surface area contributed by atoms with E-state index in [0.717, 1.165) is 0 Å². The Morgan fingerprint density at radius 3 is 2.08 bits per heavy atom. The summed E-state index contributed by atoms with van der Waals surface area (Å²) in [5.74, 6) is -6.46. The maximum absolute atomic E-state index is 12.4. The zero-order valence-electron chi connectivity index (χ0n) is 6.52. The van der Waals surface area contributed by atoms with Crippen LogP contribution in [-0.4, -0.2) is 18.5 Å². The van der Waals surface area contributed by atoms with Gasteiger partial charge in [0.25, 0.3) is 5.92 Å². The molecule has 0 fully saturated rings. The van der Waals surface area contributed by atoms with Gasteiger partial charge in [-0.05, 0) is 6.42 Å². The first-order chi connectivity index (χ1) is 4.95. The van der Waals surface area contributed by atoms with Crippen molar-refractivity contribution in [3.63, 3.8) is 0 Å². The number of hydrogen-bond acceptors (Lipinski definition) is 1. The fourth-order valence-corrected chi connectivity index (χ4v) is 0.801. The number of halogens is 4. The van der Waals surface area contributed by atoms with Crippen LogP contribution in [0.1, 0.15) is 13.3 Å². The molecule has 0 radical (unpaired) electrons. The van der Waals surface area contributed by atoms with Crippen molar-refractivity contribution in [1.29, 1.82) is 0 Å². The first kappa shape index (κ1) is 14.1. The third kappa shape index (κ3) is 3.30. The number of hydrogen-bond donors (Lipinski definition) is 1. The van der Waals surface area contributed by atoms with Gasteiger partial charge in [0.2, 0.25) is 5.91 Å². The molecule has 1 amide bonds. The molecule has 0 aliphatic carbocycles. The monoisotopic (exact) mass is 205 g/mol. The Bertz CT molecular complexity index is 154. The van der Waals surface area contributed by atoms with E-state index in [2.05, 4.69) is 5.73 Å². The highest BCUT2D eigenvalue weighted by atomic mass is 35.5. The van der Waals surface area contributed by atoms with E-state index in [1.54, 1.807) is 0 Å². The van der Waals surface area contributed by atoms with Crippen molar-refractivity contribution in [1.82, 2.24) is 0 Å². The van der Waals surface area contributed by atoms with Crippen LogP contribution >= 0.6 is 12.4 Å². The summed E-state index contributed by atoms with van der Waals surface area (Å²) < 4.78 is 36.4. The van der Waals surface area contributed by atoms with E-state index < -0.39 is 24.4 Å². The summed E-state index contributed by atoms with van der Waals surface area (Å²) in [5, 5.41) is 0. The van der Waals surface area contributed by atoms with Crippen molar-refractivity contribution in [3.8, 4) is 0 Å². The molecule has 2 N–H and O–H groups in total. The van der Waals surface area contributed by atoms with Crippen LogP contribution in [0.25, 0.3) is 0 Å². The maximum Gasteiger partial charge on any atom is 0.287 e. The van der Waals surface area contributed by atoms with E-state index in [4.69, 9.17) is 0 Å². The summed E-state index contributed by atoms with van der Waals surface area (Å²) >= 11 is 0. The average Bonchev–Trinajstić information content (AvgIpc) is 1.88. The molecular formula is C6H11ClF3NO. The van der Waals surface area contributed by atoms with E-state index in [0.29, 0.717) is 0 Å². The van der Waals surface area contributed by atoms with E-state index in [1.165, 1.54) is 6.92 Å². The maximum atomic E-state index is 12.4. The second-order valence-electron chi connectivity index (χ2n) is 2.26. The predicted octanol–water partition coefficient (Wildman–Crippen LogP) is 1.52. The largest absolute Gasteiger partial charge is 0.369 e. The van der Waals surface area contributed by atoms with Crippen LogP contribution in [-0.2, 0) is 4.79 Å². The van der Waals surface area contributed by atoms with E-state index in [9.17, 15) is 18.0 Å². The Balaban J connectivity index is 0. The normalized spacial score (nSPS) is 13.3. The molecular weight excluding hydrogens is 195 g/mol. The highest BCUT2D eigenvalue weighted by molar-refractivity contribution is 5.85. The minimum atomic E-state index is -3.61. The van der Waals surface area contributed by atoms with Crippen molar-refractivity contribution < 1.29 is 18.0 Å². The van der Waals surface area contributed by atoms with Crippen molar-refractivity contribution >= 4 is 18.3 Å². The minimum absolute atomic E-state index is 0. The van der Waals surface area contributed by atoms with Gasteiger partial charge in [0.1, 0.15) is 5.92 Å². The van der Waals surface area contributed by atoms with Gasteiger partial charge in [-0.2, -0.15) is 0 Å². The number of alkyl halides is 3. The van der Waals surface area contributed by atoms with Gasteiger partial charge in [0.15, 0.2) is 6.67 Å². The summed E-state index contributed by atoms with van der Waals surface area (Å²) in [4.78, 5) is 10.3. The Hall–Kier alpha value is -0.450. The Labute approximate surface area is 74.7 Å². The summed E-state index contributed by atoms with van der Waals surface area (Å²) in [6, 6.07) is 0. The van der Waals surface area contributed by atoms with Crippen LogP contribution in [0.2, 0.25) is 0 Å². The van der Waals surface area contributed by atoms with Gasteiger partial charge in [-0.1, -0.05) is 6.92 Å². The van der Waals surface area contributed by atoms with Crippen molar-refractivity contribution in [2.45, 2.75) is 19.3 Å². The van der Waals surface area contributed by atoms with E-state index in [-0.39, 0.29) is 18.8 Å². The molecule has 0 aromatic carbocycles. The minimum Gasteiger partial charge on any atom is -0.369 e. The Kier molecular flexibility index (Phi) is 6.16. The lowest BCUT2D eigenvalue weighted by Gasteiger charge is -2.19. The highest BCUT2D eigenvalue weighted by Crippen LogP contribution is 2.27. The molecule has 6 heteroatoms. The summed E-state index contributed by atoms with van der Waals surface area (Å²) in [5.41, 5.74) is 4.62. The molecule has 0 aromatic rings. The van der Waals surface area contributed by atoms with Crippen molar-refractivity contribution in [2.24, 2.45) is 11.7 Å². The molecule has 0 aliphatic heterocycles. The number of carbonyl (C=O) groups excluding carboxylic acids is 1. The predicted molar refractivity (Wildman–Crippen MR) is 41.1 cm³/mol. The lowest BCUT2D eigenvalue weighted by molar-refractivity contribution is -0.139. The second kappa shape index (κ2) is 5.24. The third-order valence-electron chi connectivity index (χ3n) is 1.44. The molecule has 0 spiro atoms. The third-order valence-corrected chi connectivity index (χ3v) is 1.44. The standard InChI is InChI=1S/C6H10F3NO.ClH/c1-2-4(5(10)11)6(8,9)3-7;/h4H,2-3H2,1H3,(H2,10,11);1H. The van der Waals surface area contributed by atoms with Gasteiger partial charge in [-0.15, -0.1) is 12.4 Å². The molecule has 74 valence electrons. The van der Waals surface area contributed by atoms with Crippen LogP contribution in [0.5, 0.6) is 0 Å². The lowest BCUT2D eigenvalue weighted by atomic mass is 9.99. The van der Waals surface area contributed by atoms with Crippen LogP contribution in [0, 0.1) is 5.92 Å². The fourth-order valence-electron chi connectivity index (χ4n) is 0.801. The van der Waals surface area contributed by atoms with Gasteiger partial charge in [-0.25, -0.2) is 13.2 Å². The van der Waals surface area contributed by atoms with Crippen LogP contribution in [0.3, 0.4) is 0 Å².